The fourth-order valence-electron chi connectivity index (χ4n) is 3.68. The van der Waals surface area contributed by atoms with Crippen molar-refractivity contribution in [2.24, 2.45) is 5.92 Å². The van der Waals surface area contributed by atoms with Crippen LogP contribution >= 0.6 is 0 Å². The fourth-order valence-corrected chi connectivity index (χ4v) is 3.68. The number of hydrogen-bond donors (Lipinski definition) is 1. The number of rotatable bonds is 3. The van der Waals surface area contributed by atoms with E-state index in [1.54, 1.807) is 0 Å². The van der Waals surface area contributed by atoms with Crippen LogP contribution < -0.4 is 5.32 Å². The number of carbonyl (C=O) groups is 1. The van der Waals surface area contributed by atoms with E-state index in [1.165, 1.54) is 44.9 Å². The van der Waals surface area contributed by atoms with Crippen LogP contribution in [0, 0.1) is 5.92 Å². The van der Waals surface area contributed by atoms with Gasteiger partial charge in [-0.3, -0.25) is 4.79 Å². The molecule has 2 aliphatic heterocycles. The zero-order valence-electron chi connectivity index (χ0n) is 10.7. The Morgan fingerprint density at radius 3 is 2.65 bits per heavy atom. The lowest BCUT2D eigenvalue weighted by Gasteiger charge is -2.37. The van der Waals surface area contributed by atoms with Crippen LogP contribution in [0.5, 0.6) is 0 Å². The third-order valence-corrected chi connectivity index (χ3v) is 4.90. The van der Waals surface area contributed by atoms with E-state index < -0.39 is 0 Å². The molecule has 2 saturated heterocycles. The molecule has 0 aromatic rings. The van der Waals surface area contributed by atoms with Gasteiger partial charge in [0, 0.05) is 25.0 Å². The third-order valence-electron chi connectivity index (χ3n) is 4.90. The monoisotopic (exact) mass is 236 g/mol. The molecule has 3 aliphatic rings. The molecule has 0 bridgehead atoms. The first-order valence-corrected chi connectivity index (χ1v) is 7.37. The predicted molar refractivity (Wildman–Crippen MR) is 67.7 cm³/mol. The minimum absolute atomic E-state index is 0.416. The third kappa shape index (κ3) is 2.35. The maximum Gasteiger partial charge on any atom is 0.224 e. The number of nitrogens with one attached hydrogen (secondary N) is 1. The Labute approximate surface area is 104 Å². The van der Waals surface area contributed by atoms with Crippen LogP contribution in [0.2, 0.25) is 0 Å². The fraction of sp³-hybridized carbons (Fsp3) is 0.929. The molecular formula is C14H24N2O. The van der Waals surface area contributed by atoms with Crippen molar-refractivity contribution in [3.63, 3.8) is 0 Å². The zero-order valence-corrected chi connectivity index (χ0v) is 10.7. The Morgan fingerprint density at radius 2 is 2.00 bits per heavy atom. The molecule has 3 nitrogen and oxygen atoms in total. The molecule has 2 atom stereocenters. The summed E-state index contributed by atoms with van der Waals surface area (Å²) in [5, 5.41) is 3.44. The van der Waals surface area contributed by atoms with Crippen LogP contribution in [0.3, 0.4) is 0 Å². The van der Waals surface area contributed by atoms with Gasteiger partial charge in [-0.05, 0) is 51.0 Å². The predicted octanol–water partition coefficient (Wildman–Crippen LogP) is 1.92. The van der Waals surface area contributed by atoms with Gasteiger partial charge in [-0.1, -0.05) is 6.42 Å². The average Bonchev–Trinajstić information content (AvgIpc) is 2.85. The summed E-state index contributed by atoms with van der Waals surface area (Å²) in [7, 11) is 0. The lowest BCUT2D eigenvalue weighted by Crippen LogP contribution is -2.44. The Bertz CT molecular complexity index is 282. The van der Waals surface area contributed by atoms with Gasteiger partial charge in [0.15, 0.2) is 0 Å². The van der Waals surface area contributed by atoms with Gasteiger partial charge < -0.3 is 10.2 Å². The van der Waals surface area contributed by atoms with Crippen LogP contribution in [0.1, 0.15) is 51.4 Å². The van der Waals surface area contributed by atoms with Gasteiger partial charge in [0.2, 0.25) is 5.91 Å². The summed E-state index contributed by atoms with van der Waals surface area (Å²) in [6.45, 7) is 2.12. The van der Waals surface area contributed by atoms with E-state index in [1.807, 2.05) is 0 Å². The van der Waals surface area contributed by atoms with E-state index in [0.29, 0.717) is 18.0 Å². The van der Waals surface area contributed by atoms with E-state index in [9.17, 15) is 4.79 Å². The molecule has 3 heteroatoms. The number of hydrogen-bond acceptors (Lipinski definition) is 2. The summed E-state index contributed by atoms with van der Waals surface area (Å²) < 4.78 is 0. The van der Waals surface area contributed by atoms with E-state index in [2.05, 4.69) is 10.2 Å². The molecule has 2 heterocycles. The minimum atomic E-state index is 0.416. The van der Waals surface area contributed by atoms with Crippen molar-refractivity contribution in [2.45, 2.75) is 63.5 Å². The highest BCUT2D eigenvalue weighted by Gasteiger charge is 2.37. The minimum Gasteiger partial charge on any atom is -0.339 e. The summed E-state index contributed by atoms with van der Waals surface area (Å²) >= 11 is 0. The highest BCUT2D eigenvalue weighted by molar-refractivity contribution is 5.77. The first-order chi connectivity index (χ1) is 8.34. The van der Waals surface area contributed by atoms with Crippen molar-refractivity contribution < 1.29 is 4.79 Å². The zero-order chi connectivity index (χ0) is 11.7. The van der Waals surface area contributed by atoms with E-state index in [4.69, 9.17) is 0 Å². The summed E-state index contributed by atoms with van der Waals surface area (Å²) in [4.78, 5) is 14.6. The van der Waals surface area contributed by atoms with Crippen LogP contribution in [0.4, 0.5) is 0 Å². The molecule has 17 heavy (non-hydrogen) atoms. The highest BCUT2D eigenvalue weighted by Crippen LogP contribution is 2.37. The molecule has 1 aliphatic carbocycles. The largest absolute Gasteiger partial charge is 0.339 e. The van der Waals surface area contributed by atoms with Gasteiger partial charge in [-0.15, -0.1) is 0 Å². The molecule has 96 valence electrons. The number of amides is 1. The van der Waals surface area contributed by atoms with Crippen molar-refractivity contribution in [2.75, 3.05) is 13.1 Å². The number of carbonyl (C=O) groups excluding carboxylic acids is 1. The molecule has 0 spiro atoms. The molecule has 0 aromatic heterocycles. The standard InChI is InChI=1S/C14H24N2O/c17-14(10-12-6-2-8-15-12)16-9-3-7-13(16)11-4-1-5-11/h11-13,15H,1-10H2. The molecular weight excluding hydrogens is 212 g/mol. The van der Waals surface area contributed by atoms with Crippen LogP contribution in [-0.2, 0) is 4.79 Å². The molecule has 1 saturated carbocycles. The Morgan fingerprint density at radius 1 is 1.12 bits per heavy atom. The van der Waals surface area contributed by atoms with Crippen LogP contribution in [0.25, 0.3) is 0 Å². The van der Waals surface area contributed by atoms with E-state index in [-0.39, 0.29) is 0 Å². The van der Waals surface area contributed by atoms with Crippen molar-refractivity contribution >= 4 is 5.91 Å². The molecule has 0 radical (unpaired) electrons. The lowest BCUT2D eigenvalue weighted by atomic mass is 9.78. The summed E-state index contributed by atoms with van der Waals surface area (Å²) in [5.74, 6) is 1.25. The normalized spacial score (nSPS) is 34.0. The molecule has 1 amide bonds. The average molecular weight is 236 g/mol. The second-order valence-electron chi connectivity index (χ2n) is 5.99. The Kier molecular flexibility index (Phi) is 3.37. The maximum absolute atomic E-state index is 12.3. The molecule has 0 aromatic carbocycles. The number of likely N-dealkylation sites (tertiary alicyclic amines) is 1. The lowest BCUT2D eigenvalue weighted by molar-refractivity contribution is -0.134. The van der Waals surface area contributed by atoms with Crippen LogP contribution in [0.15, 0.2) is 0 Å². The Hall–Kier alpha value is -0.570. The van der Waals surface area contributed by atoms with Crippen LogP contribution in [-0.4, -0.2) is 36.0 Å². The van der Waals surface area contributed by atoms with Gasteiger partial charge in [0.1, 0.15) is 0 Å². The van der Waals surface area contributed by atoms with E-state index in [0.717, 1.165) is 25.4 Å². The van der Waals surface area contributed by atoms with Crippen molar-refractivity contribution in [1.29, 1.82) is 0 Å². The Balaban J connectivity index is 1.55. The second kappa shape index (κ2) is 4.97. The molecule has 2 unspecified atom stereocenters. The van der Waals surface area contributed by atoms with Gasteiger partial charge in [-0.2, -0.15) is 0 Å². The SMILES string of the molecule is O=C(CC1CCCN1)N1CCCC1C1CCC1. The topological polar surface area (TPSA) is 32.3 Å². The molecule has 3 fully saturated rings. The maximum atomic E-state index is 12.3. The van der Waals surface area contributed by atoms with Crippen molar-refractivity contribution in [1.82, 2.24) is 10.2 Å². The van der Waals surface area contributed by atoms with E-state index >= 15 is 0 Å². The molecule has 1 N–H and O–H groups in total. The highest BCUT2D eigenvalue weighted by atomic mass is 16.2. The first-order valence-electron chi connectivity index (χ1n) is 7.37. The van der Waals surface area contributed by atoms with Crippen molar-refractivity contribution in [3.8, 4) is 0 Å². The first kappa shape index (κ1) is 11.5. The summed E-state index contributed by atoms with van der Waals surface area (Å²) in [6.07, 6.45) is 9.75. The van der Waals surface area contributed by atoms with Gasteiger partial charge >= 0.3 is 0 Å². The number of nitrogens with zero attached hydrogens (tertiary/aromatic N) is 1. The molecule has 3 rings (SSSR count). The summed E-state index contributed by atoms with van der Waals surface area (Å²) in [6, 6.07) is 1.06. The van der Waals surface area contributed by atoms with Gasteiger partial charge in [-0.25, -0.2) is 0 Å². The van der Waals surface area contributed by atoms with Gasteiger partial charge in [0.05, 0.1) is 0 Å². The summed E-state index contributed by atoms with van der Waals surface area (Å²) in [5.41, 5.74) is 0. The van der Waals surface area contributed by atoms with Crippen molar-refractivity contribution in [3.05, 3.63) is 0 Å². The van der Waals surface area contributed by atoms with Gasteiger partial charge in [0.25, 0.3) is 0 Å². The second-order valence-corrected chi connectivity index (χ2v) is 5.99. The quantitative estimate of drug-likeness (QED) is 0.812. The smallest absolute Gasteiger partial charge is 0.224 e.